The summed E-state index contributed by atoms with van der Waals surface area (Å²) in [6, 6.07) is 4.20. The summed E-state index contributed by atoms with van der Waals surface area (Å²) < 4.78 is 0. The molecule has 90 valence electrons. The van der Waals surface area contributed by atoms with Crippen molar-refractivity contribution in [2.24, 2.45) is 0 Å². The smallest absolute Gasteiger partial charge is 0.399 e. The van der Waals surface area contributed by atoms with Gasteiger partial charge in [0, 0.05) is 5.69 Å². The van der Waals surface area contributed by atoms with Gasteiger partial charge in [-0.2, -0.15) is 0 Å². The van der Waals surface area contributed by atoms with E-state index >= 15 is 0 Å². The Balaban J connectivity index is 3.59. The second-order valence-electron chi connectivity index (χ2n) is 3.03. The van der Waals surface area contributed by atoms with Crippen LogP contribution in [0, 0.1) is 30.3 Å². The van der Waals surface area contributed by atoms with Crippen LogP contribution in [0.15, 0.2) is 24.3 Å². The Morgan fingerprint density at radius 3 is 1.82 bits per heavy atom. The largest absolute Gasteiger partial charge is 0.728 e. The van der Waals surface area contributed by atoms with Crippen LogP contribution in [0.25, 0.3) is 0 Å². The van der Waals surface area contributed by atoms with Gasteiger partial charge in [0.2, 0.25) is 0 Å². The van der Waals surface area contributed by atoms with Crippen LogP contribution in [-0.4, -0.2) is 14.8 Å². The molecule has 0 aliphatic heterocycles. The fourth-order valence-electron chi connectivity index (χ4n) is 1.26. The van der Waals surface area contributed by atoms with Gasteiger partial charge in [0.1, 0.15) is 0 Å². The molecule has 0 unspecified atom stereocenters. The van der Waals surface area contributed by atoms with Crippen LogP contribution in [0.2, 0.25) is 0 Å². The molecule has 0 aliphatic rings. The molecule has 0 radical (unpaired) electrons. The number of hydrogen-bond acceptors (Lipinski definition) is 7. The van der Waals surface area contributed by atoms with Crippen molar-refractivity contribution in [1.82, 2.24) is 0 Å². The third-order valence-electron chi connectivity index (χ3n) is 2.04. The second-order valence-corrected chi connectivity index (χ2v) is 3.03. The van der Waals surface area contributed by atoms with Crippen molar-refractivity contribution in [3.63, 3.8) is 0 Å². The Kier molecular flexibility index (Phi) is 2.89. The molecule has 10 heteroatoms. The first-order valence-electron chi connectivity index (χ1n) is 4.13. The van der Waals surface area contributed by atoms with E-state index in [1.54, 1.807) is 0 Å². The molecule has 0 bridgehead atoms. The first-order valence-corrected chi connectivity index (χ1v) is 4.13. The van der Waals surface area contributed by atoms with Gasteiger partial charge in [-0.3, -0.25) is 30.3 Å². The van der Waals surface area contributed by atoms with Gasteiger partial charge in [-0.15, -0.1) is 0 Å². The predicted octanol–water partition coefficient (Wildman–Crippen LogP) is 0.209. The zero-order chi connectivity index (χ0) is 13.2. The van der Waals surface area contributed by atoms with Gasteiger partial charge in [0.25, 0.3) is 0 Å². The summed E-state index contributed by atoms with van der Waals surface area (Å²) in [7, 11) is 0. The van der Waals surface area contributed by atoms with Gasteiger partial charge < -0.3 is 5.73 Å². The van der Waals surface area contributed by atoms with Crippen molar-refractivity contribution in [3.8, 4) is 0 Å². The van der Waals surface area contributed by atoms with Crippen LogP contribution in [0.4, 0.5) is 5.69 Å². The highest BCUT2D eigenvalue weighted by atomic mass is 16.7. The lowest BCUT2D eigenvalue weighted by Gasteiger charge is -2.08. The molecule has 0 aromatic heterocycles. The molecule has 2 N–H and O–H groups in total. The van der Waals surface area contributed by atoms with Gasteiger partial charge in [0.15, 0.2) is 20.3 Å². The molecule has 0 atom stereocenters. The summed E-state index contributed by atoms with van der Waals surface area (Å²) in [5.74, 6) is -3.63. The highest BCUT2D eigenvalue weighted by Gasteiger charge is 2.72. The van der Waals surface area contributed by atoms with Crippen LogP contribution < -0.4 is 5.73 Å². The minimum atomic E-state index is -3.63. The zero-order valence-corrected chi connectivity index (χ0v) is 8.18. The predicted molar refractivity (Wildman–Crippen MR) is 53.5 cm³/mol. The molecule has 0 spiro atoms. The van der Waals surface area contributed by atoms with Crippen molar-refractivity contribution >= 4 is 5.69 Å². The molecule has 1 aromatic rings. The molecule has 1 aromatic carbocycles. The zero-order valence-electron chi connectivity index (χ0n) is 8.18. The summed E-state index contributed by atoms with van der Waals surface area (Å²) in [4.78, 5) is 27.4. The Hall–Kier alpha value is -2.78. The van der Waals surface area contributed by atoms with Crippen molar-refractivity contribution in [1.29, 1.82) is 0 Å². The van der Waals surface area contributed by atoms with Gasteiger partial charge in [-0.1, -0.05) is 6.07 Å². The normalized spacial score (nSPS) is 10.8. The average Bonchev–Trinajstić information content (AvgIpc) is 2.16. The highest BCUT2D eigenvalue weighted by Crippen LogP contribution is 2.27. The fourth-order valence-corrected chi connectivity index (χ4v) is 1.26. The minimum absolute atomic E-state index is 0.0441. The third-order valence-corrected chi connectivity index (χ3v) is 2.04. The van der Waals surface area contributed by atoms with E-state index < -0.39 is 26.1 Å². The van der Waals surface area contributed by atoms with Crippen molar-refractivity contribution in [3.05, 3.63) is 60.2 Å². The van der Waals surface area contributed by atoms with Gasteiger partial charge in [-0.05, 0) is 18.2 Å². The number of nitrogen functional groups attached to an aromatic ring is 1. The van der Waals surface area contributed by atoms with E-state index in [9.17, 15) is 30.3 Å². The molecular formula is C7H6N4O6. The SMILES string of the molecule is Nc1cccc(C([N+](=O)[O-])([N+](=O)[O-])[N+](=O)[O-])c1. The molecule has 0 aliphatic carbocycles. The number of rotatable bonds is 4. The summed E-state index contributed by atoms with van der Waals surface area (Å²) in [5.41, 5.74) is 4.53. The van der Waals surface area contributed by atoms with Crippen molar-refractivity contribution in [2.75, 3.05) is 5.73 Å². The number of benzene rings is 1. The van der Waals surface area contributed by atoms with E-state index in [2.05, 4.69) is 0 Å². The Morgan fingerprint density at radius 2 is 1.47 bits per heavy atom. The van der Waals surface area contributed by atoms with Gasteiger partial charge in [0.05, 0.1) is 0 Å². The number of anilines is 1. The molecular weight excluding hydrogens is 236 g/mol. The van der Waals surface area contributed by atoms with Crippen LogP contribution in [-0.2, 0) is 5.79 Å². The van der Waals surface area contributed by atoms with Crippen LogP contribution in [0.3, 0.4) is 0 Å². The van der Waals surface area contributed by atoms with Crippen molar-refractivity contribution < 1.29 is 14.8 Å². The van der Waals surface area contributed by atoms with Gasteiger partial charge >= 0.3 is 5.79 Å². The third kappa shape index (κ3) is 1.71. The van der Waals surface area contributed by atoms with E-state index in [0.29, 0.717) is 0 Å². The number of hydrogen-bond donors (Lipinski definition) is 1. The number of nitrogens with zero attached hydrogens (tertiary/aromatic N) is 3. The Labute approximate surface area is 93.1 Å². The molecule has 1 rings (SSSR count). The lowest BCUT2D eigenvalue weighted by molar-refractivity contribution is -0.986. The van der Waals surface area contributed by atoms with E-state index in [1.165, 1.54) is 6.07 Å². The maximum Gasteiger partial charge on any atom is 0.728 e. The average molecular weight is 242 g/mol. The maximum absolute atomic E-state index is 10.7. The molecule has 0 saturated carbocycles. The minimum Gasteiger partial charge on any atom is -0.399 e. The van der Waals surface area contributed by atoms with Crippen LogP contribution in [0.1, 0.15) is 5.56 Å². The topological polar surface area (TPSA) is 155 Å². The Bertz CT molecular complexity index is 465. The molecule has 17 heavy (non-hydrogen) atoms. The Morgan fingerprint density at radius 1 is 1.00 bits per heavy atom. The van der Waals surface area contributed by atoms with Crippen molar-refractivity contribution in [2.45, 2.75) is 5.79 Å². The first kappa shape index (κ1) is 12.3. The van der Waals surface area contributed by atoms with Crippen LogP contribution >= 0.6 is 0 Å². The standard InChI is InChI=1S/C7H6N4O6/c8-6-3-1-2-5(4-6)7(9(12)13,10(14)15)11(16)17/h1-4H,8H2. The summed E-state index contributed by atoms with van der Waals surface area (Å²) in [5, 5.41) is 32.1. The number of nitrogens with two attached hydrogens (primary N) is 1. The lowest BCUT2D eigenvalue weighted by atomic mass is 10.1. The molecule has 0 saturated heterocycles. The number of nitro groups is 3. The van der Waals surface area contributed by atoms with Gasteiger partial charge in [-0.25, -0.2) is 0 Å². The molecule has 10 nitrogen and oxygen atoms in total. The van der Waals surface area contributed by atoms with E-state index in [4.69, 9.17) is 5.73 Å². The van der Waals surface area contributed by atoms with E-state index in [1.807, 2.05) is 0 Å². The quantitative estimate of drug-likeness (QED) is 0.342. The summed E-state index contributed by atoms with van der Waals surface area (Å²) in [6.07, 6.45) is 0. The summed E-state index contributed by atoms with van der Waals surface area (Å²) >= 11 is 0. The summed E-state index contributed by atoms with van der Waals surface area (Å²) in [6.45, 7) is 0. The van der Waals surface area contributed by atoms with E-state index in [-0.39, 0.29) is 5.69 Å². The van der Waals surface area contributed by atoms with E-state index in [0.717, 1.165) is 18.2 Å². The lowest BCUT2D eigenvalue weighted by Crippen LogP contribution is -2.50. The first-order chi connectivity index (χ1) is 7.83. The second kappa shape index (κ2) is 4.00. The highest BCUT2D eigenvalue weighted by molar-refractivity contribution is 5.41. The molecule has 0 heterocycles. The monoisotopic (exact) mass is 242 g/mol. The molecule has 0 amide bonds. The fraction of sp³-hybridized carbons (Fsp3) is 0.143. The maximum atomic E-state index is 10.7. The van der Waals surface area contributed by atoms with Crippen LogP contribution in [0.5, 0.6) is 0 Å². The molecule has 0 fully saturated rings.